The van der Waals surface area contributed by atoms with E-state index in [0.717, 1.165) is 0 Å². The topological polar surface area (TPSA) is 104 Å². The second kappa shape index (κ2) is 6.83. The second-order valence-corrected chi connectivity index (χ2v) is 6.53. The van der Waals surface area contributed by atoms with Crippen molar-refractivity contribution in [3.63, 3.8) is 0 Å². The van der Waals surface area contributed by atoms with Crippen LogP contribution in [0.15, 0.2) is 60.7 Å². The molecule has 0 spiro atoms. The third kappa shape index (κ3) is 2.82. The third-order valence-electron chi connectivity index (χ3n) is 4.93. The molecule has 0 aliphatic carbocycles. The summed E-state index contributed by atoms with van der Waals surface area (Å²) in [7, 11) is 1.20. The van der Waals surface area contributed by atoms with Gasteiger partial charge in [-0.15, -0.1) is 0 Å². The number of aromatic hydroxyl groups is 2. The number of ether oxygens (including phenoxy) is 1. The van der Waals surface area contributed by atoms with E-state index in [9.17, 15) is 24.9 Å². The summed E-state index contributed by atoms with van der Waals surface area (Å²) >= 11 is 0. The molecule has 4 aromatic carbocycles. The molecule has 0 aliphatic heterocycles. The summed E-state index contributed by atoms with van der Waals surface area (Å²) in [6, 6.07) is 16.8. The fourth-order valence-corrected chi connectivity index (χ4v) is 3.61. The quantitative estimate of drug-likeness (QED) is 0.445. The Balaban J connectivity index is 2.25. The molecule has 0 heterocycles. The minimum Gasteiger partial charge on any atom is -0.506 e. The maximum Gasteiger partial charge on any atom is 0.341 e. The van der Waals surface area contributed by atoms with Crippen molar-refractivity contribution in [2.45, 2.75) is 0 Å². The molecule has 6 heteroatoms. The molecule has 6 nitrogen and oxygen atoms in total. The summed E-state index contributed by atoms with van der Waals surface area (Å²) < 4.78 is 4.78. The number of hydrogen-bond donors (Lipinski definition) is 3. The molecule has 144 valence electrons. The van der Waals surface area contributed by atoms with Crippen molar-refractivity contribution >= 4 is 33.5 Å². The number of hydrogen-bond acceptors (Lipinski definition) is 5. The first-order valence-electron chi connectivity index (χ1n) is 8.75. The van der Waals surface area contributed by atoms with E-state index in [1.807, 2.05) is 0 Å². The van der Waals surface area contributed by atoms with Crippen molar-refractivity contribution in [2.75, 3.05) is 7.11 Å². The number of carboxylic acid groups (broad SMARTS) is 1. The second-order valence-electron chi connectivity index (χ2n) is 6.53. The van der Waals surface area contributed by atoms with E-state index >= 15 is 0 Å². The molecule has 3 N–H and O–H groups in total. The Morgan fingerprint density at radius 1 is 0.759 bits per heavy atom. The van der Waals surface area contributed by atoms with Crippen LogP contribution in [0.3, 0.4) is 0 Å². The monoisotopic (exact) mass is 388 g/mol. The summed E-state index contributed by atoms with van der Waals surface area (Å²) in [4.78, 5) is 24.0. The van der Waals surface area contributed by atoms with Crippen LogP contribution in [0.5, 0.6) is 11.5 Å². The van der Waals surface area contributed by atoms with Crippen molar-refractivity contribution in [3.05, 3.63) is 71.8 Å². The fourth-order valence-electron chi connectivity index (χ4n) is 3.61. The summed E-state index contributed by atoms with van der Waals surface area (Å²) in [5.74, 6) is -2.92. The van der Waals surface area contributed by atoms with Crippen LogP contribution in [-0.4, -0.2) is 34.4 Å². The predicted molar refractivity (Wildman–Crippen MR) is 109 cm³/mol. The minimum atomic E-state index is -1.30. The molecule has 4 rings (SSSR count). The maximum atomic E-state index is 12.2. The van der Waals surface area contributed by atoms with Gasteiger partial charge in [0, 0.05) is 11.1 Å². The zero-order valence-electron chi connectivity index (χ0n) is 15.3. The van der Waals surface area contributed by atoms with Crippen molar-refractivity contribution in [1.29, 1.82) is 0 Å². The number of carbonyl (C=O) groups excluding carboxylic acids is 1. The maximum absolute atomic E-state index is 12.2. The first-order valence-corrected chi connectivity index (χ1v) is 8.75. The third-order valence-corrected chi connectivity index (χ3v) is 4.93. The molecule has 0 aromatic heterocycles. The molecule has 0 fully saturated rings. The van der Waals surface area contributed by atoms with E-state index in [1.165, 1.54) is 19.2 Å². The van der Waals surface area contributed by atoms with Gasteiger partial charge in [-0.05, 0) is 33.7 Å². The van der Waals surface area contributed by atoms with Gasteiger partial charge in [0.2, 0.25) is 0 Å². The molecule has 0 radical (unpaired) electrons. The summed E-state index contributed by atoms with van der Waals surface area (Å²) in [5.41, 5.74) is -0.0729. The summed E-state index contributed by atoms with van der Waals surface area (Å²) in [6.07, 6.45) is 0. The van der Waals surface area contributed by atoms with Crippen LogP contribution >= 0.6 is 0 Å². The van der Waals surface area contributed by atoms with Gasteiger partial charge < -0.3 is 20.1 Å². The molecule has 0 saturated heterocycles. The minimum absolute atomic E-state index is 0.0783. The predicted octanol–water partition coefficient (Wildman–Crippen LogP) is 4.56. The van der Waals surface area contributed by atoms with Gasteiger partial charge in [-0.25, -0.2) is 9.59 Å². The summed E-state index contributed by atoms with van der Waals surface area (Å²) in [6.45, 7) is 0. The van der Waals surface area contributed by atoms with E-state index in [0.29, 0.717) is 21.5 Å². The molecule has 4 aromatic rings. The van der Waals surface area contributed by atoms with Gasteiger partial charge in [0.05, 0.1) is 7.11 Å². The molecule has 29 heavy (non-hydrogen) atoms. The van der Waals surface area contributed by atoms with Crippen molar-refractivity contribution in [3.8, 4) is 22.6 Å². The average molecular weight is 388 g/mol. The van der Waals surface area contributed by atoms with Gasteiger partial charge in [0.1, 0.15) is 22.6 Å². The number of rotatable bonds is 3. The molecule has 0 amide bonds. The molecule has 0 bridgehead atoms. The molecule has 0 saturated carbocycles. The van der Waals surface area contributed by atoms with Gasteiger partial charge in [0.15, 0.2) is 0 Å². The lowest BCUT2D eigenvalue weighted by Gasteiger charge is -2.17. The first-order chi connectivity index (χ1) is 13.9. The van der Waals surface area contributed by atoms with Gasteiger partial charge in [-0.1, -0.05) is 48.5 Å². The standard InChI is InChI=1S/C23H16O6/c1-29-23(28)17-11-13-7-3-5-9-15(13)19(21(17)25)18-14-8-4-2-6-12(14)10-16(20(18)24)22(26)27/h2-11,24-25H,1H3,(H,26,27). The SMILES string of the molecule is COC(=O)c1cc2ccccc2c(-c2c(O)c(C(=O)O)cc3ccccc23)c1O. The number of carboxylic acids is 1. The lowest BCUT2D eigenvalue weighted by molar-refractivity contribution is 0.0596. The number of phenolic OH excluding ortho intramolecular Hbond substituents is 1. The summed E-state index contributed by atoms with van der Waals surface area (Å²) in [5, 5.41) is 33.7. The van der Waals surface area contributed by atoms with Gasteiger partial charge in [0.25, 0.3) is 0 Å². The number of esters is 1. The number of methoxy groups -OCH3 is 1. The van der Waals surface area contributed by atoms with Crippen LogP contribution in [-0.2, 0) is 4.74 Å². The highest BCUT2D eigenvalue weighted by atomic mass is 16.5. The molecule has 0 aliphatic rings. The smallest absolute Gasteiger partial charge is 0.341 e. The lowest BCUT2D eigenvalue weighted by Crippen LogP contribution is -2.04. The highest BCUT2D eigenvalue weighted by Gasteiger charge is 2.25. The Labute approximate surface area is 165 Å². The van der Waals surface area contributed by atoms with Gasteiger partial charge in [-0.3, -0.25) is 0 Å². The molecule has 0 atom stereocenters. The number of aromatic carboxylic acids is 1. The Bertz CT molecular complexity index is 1310. The van der Waals surface area contributed by atoms with Gasteiger partial charge >= 0.3 is 11.9 Å². The van der Waals surface area contributed by atoms with Crippen molar-refractivity contribution in [1.82, 2.24) is 0 Å². The van der Waals surface area contributed by atoms with Crippen LogP contribution < -0.4 is 0 Å². The average Bonchev–Trinajstić information content (AvgIpc) is 2.73. The zero-order chi connectivity index (χ0) is 20.7. The highest BCUT2D eigenvalue weighted by molar-refractivity contribution is 6.15. The number of benzene rings is 4. The number of carbonyl (C=O) groups is 2. The van der Waals surface area contributed by atoms with Crippen molar-refractivity contribution in [2.24, 2.45) is 0 Å². The van der Waals surface area contributed by atoms with Gasteiger partial charge in [-0.2, -0.15) is 0 Å². The first kappa shape index (κ1) is 18.3. The van der Waals surface area contributed by atoms with Crippen LogP contribution in [0, 0.1) is 0 Å². The fraction of sp³-hybridized carbons (Fsp3) is 0.0435. The van der Waals surface area contributed by atoms with E-state index in [-0.39, 0.29) is 22.3 Å². The van der Waals surface area contributed by atoms with E-state index < -0.39 is 23.4 Å². The van der Waals surface area contributed by atoms with Crippen LogP contribution in [0.4, 0.5) is 0 Å². The highest BCUT2D eigenvalue weighted by Crippen LogP contribution is 2.47. The van der Waals surface area contributed by atoms with Crippen LogP contribution in [0.2, 0.25) is 0 Å². The molecule has 0 unspecified atom stereocenters. The van der Waals surface area contributed by atoms with Crippen LogP contribution in [0.1, 0.15) is 20.7 Å². The lowest BCUT2D eigenvalue weighted by atomic mass is 9.89. The normalized spacial score (nSPS) is 10.9. The number of fused-ring (bicyclic) bond motifs is 2. The van der Waals surface area contributed by atoms with E-state index in [4.69, 9.17) is 4.74 Å². The molecular weight excluding hydrogens is 372 g/mol. The van der Waals surface area contributed by atoms with E-state index in [2.05, 4.69) is 0 Å². The largest absolute Gasteiger partial charge is 0.506 e. The van der Waals surface area contributed by atoms with Crippen molar-refractivity contribution < 1.29 is 29.6 Å². The van der Waals surface area contributed by atoms with Crippen LogP contribution in [0.25, 0.3) is 32.7 Å². The van der Waals surface area contributed by atoms with E-state index in [1.54, 1.807) is 48.5 Å². The Hall–Kier alpha value is -4.06. The molecular formula is C23H16O6. The Morgan fingerprint density at radius 2 is 1.21 bits per heavy atom. The Kier molecular flexibility index (Phi) is 4.31. The Morgan fingerprint density at radius 3 is 1.69 bits per heavy atom. The number of phenols is 2. The zero-order valence-corrected chi connectivity index (χ0v) is 15.3.